The molecule has 2 heterocycles. The Morgan fingerprint density at radius 2 is 1.80 bits per heavy atom. The maximum atomic E-state index is 14.4. The Bertz CT molecular complexity index is 1930. The van der Waals surface area contributed by atoms with E-state index in [0.29, 0.717) is 64.2 Å². The van der Waals surface area contributed by atoms with E-state index in [1.165, 1.54) is 11.3 Å². The van der Waals surface area contributed by atoms with Crippen LogP contribution in [0.2, 0.25) is 0 Å². The maximum absolute atomic E-state index is 14.4. The molecule has 4 aromatic rings. The topological polar surface area (TPSA) is 82.4 Å². The summed E-state index contributed by atoms with van der Waals surface area (Å²) in [6.45, 7) is 13.2. The van der Waals surface area contributed by atoms with Gasteiger partial charge in [-0.25, -0.2) is 4.99 Å². The number of methoxy groups -OCH3 is 1. The fourth-order valence-corrected chi connectivity index (χ4v) is 6.63. The Hall–Kier alpha value is -4.63. The standard InChI is InChI=1S/C35H37N3O5S/c1-7-19-43-26-17-15-23(20-28(26)42-10-4)21-29-33(39)38-32(31-25-14-12-11-13-24(25)16-18-27(31)41-6)30(22(5)36-35(38)44-29)34(40)37(8-2)9-3/h7,11-18,20-21,32H,1,8-10,19H2,2-6H3/b29-21+/t32-/m0/s1. The Labute approximate surface area is 260 Å². The number of thiazole rings is 1. The van der Waals surface area contributed by atoms with Gasteiger partial charge in [0, 0.05) is 18.7 Å². The van der Waals surface area contributed by atoms with Crippen LogP contribution >= 0.6 is 11.3 Å². The van der Waals surface area contributed by atoms with Crippen LogP contribution in [0, 0.1) is 0 Å². The van der Waals surface area contributed by atoms with Gasteiger partial charge in [0.15, 0.2) is 16.3 Å². The van der Waals surface area contributed by atoms with E-state index in [2.05, 4.69) is 6.58 Å². The first-order chi connectivity index (χ1) is 21.4. The molecule has 3 aromatic carbocycles. The smallest absolute Gasteiger partial charge is 0.271 e. The number of benzene rings is 3. The van der Waals surface area contributed by atoms with E-state index in [1.807, 2.05) is 88.4 Å². The third-order valence-corrected chi connectivity index (χ3v) is 8.63. The van der Waals surface area contributed by atoms with Crippen LogP contribution < -0.4 is 29.1 Å². The lowest BCUT2D eigenvalue weighted by Crippen LogP contribution is -2.43. The van der Waals surface area contributed by atoms with Crippen molar-refractivity contribution >= 4 is 34.1 Å². The summed E-state index contributed by atoms with van der Waals surface area (Å²) in [6.07, 6.45) is 3.50. The third kappa shape index (κ3) is 5.67. The zero-order valence-corrected chi connectivity index (χ0v) is 26.6. The number of carbonyl (C=O) groups excluding carboxylic acids is 1. The number of allylic oxidation sites excluding steroid dienone is 1. The van der Waals surface area contributed by atoms with Gasteiger partial charge in [-0.15, -0.1) is 0 Å². The normalized spacial score (nSPS) is 14.7. The minimum absolute atomic E-state index is 0.151. The number of aromatic nitrogens is 1. The average Bonchev–Trinajstić information content (AvgIpc) is 3.33. The molecule has 0 N–H and O–H groups in total. The molecule has 0 fully saturated rings. The summed E-state index contributed by atoms with van der Waals surface area (Å²) in [5.74, 6) is 1.63. The summed E-state index contributed by atoms with van der Waals surface area (Å²) in [7, 11) is 1.61. The van der Waals surface area contributed by atoms with E-state index < -0.39 is 6.04 Å². The first-order valence-electron chi connectivity index (χ1n) is 14.7. The van der Waals surface area contributed by atoms with E-state index in [-0.39, 0.29) is 11.5 Å². The molecular weight excluding hydrogens is 574 g/mol. The number of hydrogen-bond donors (Lipinski definition) is 0. The van der Waals surface area contributed by atoms with E-state index in [9.17, 15) is 9.59 Å². The second-order valence-corrected chi connectivity index (χ2v) is 11.2. The monoisotopic (exact) mass is 611 g/mol. The highest BCUT2D eigenvalue weighted by molar-refractivity contribution is 7.07. The molecule has 9 heteroatoms. The molecule has 228 valence electrons. The molecule has 8 nitrogen and oxygen atoms in total. The minimum atomic E-state index is -0.740. The van der Waals surface area contributed by atoms with Crippen molar-refractivity contribution < 1.29 is 19.0 Å². The van der Waals surface area contributed by atoms with E-state index in [4.69, 9.17) is 19.2 Å². The Morgan fingerprint density at radius 3 is 2.50 bits per heavy atom. The zero-order chi connectivity index (χ0) is 31.4. The highest BCUT2D eigenvalue weighted by atomic mass is 32.1. The van der Waals surface area contributed by atoms with Crippen molar-refractivity contribution in [2.45, 2.75) is 33.7 Å². The highest BCUT2D eigenvalue weighted by Gasteiger charge is 2.36. The molecule has 0 aliphatic carbocycles. The van der Waals surface area contributed by atoms with Gasteiger partial charge in [-0.05, 0) is 68.3 Å². The quantitative estimate of drug-likeness (QED) is 0.217. The molecule has 0 unspecified atom stereocenters. The molecule has 1 aromatic heterocycles. The lowest BCUT2D eigenvalue weighted by molar-refractivity contribution is -0.127. The van der Waals surface area contributed by atoms with Gasteiger partial charge < -0.3 is 19.1 Å². The van der Waals surface area contributed by atoms with Crippen LogP contribution in [-0.2, 0) is 4.79 Å². The average molecular weight is 612 g/mol. The molecule has 5 rings (SSSR count). The van der Waals surface area contributed by atoms with Crippen molar-refractivity contribution in [3.8, 4) is 17.2 Å². The molecular formula is C35H37N3O5S. The van der Waals surface area contributed by atoms with Gasteiger partial charge in [0.25, 0.3) is 11.5 Å². The van der Waals surface area contributed by atoms with E-state index in [0.717, 1.165) is 21.9 Å². The number of ether oxygens (including phenoxy) is 3. The summed E-state index contributed by atoms with van der Waals surface area (Å²) in [4.78, 5) is 35.6. The van der Waals surface area contributed by atoms with Crippen molar-refractivity contribution in [1.82, 2.24) is 9.47 Å². The minimum Gasteiger partial charge on any atom is -0.496 e. The lowest BCUT2D eigenvalue weighted by Gasteiger charge is -2.30. The first-order valence-corrected chi connectivity index (χ1v) is 15.6. The van der Waals surface area contributed by atoms with Crippen molar-refractivity contribution in [2.75, 3.05) is 33.4 Å². The molecule has 0 saturated carbocycles. The highest BCUT2D eigenvalue weighted by Crippen LogP contribution is 2.40. The number of hydrogen-bond acceptors (Lipinski definition) is 7. The summed E-state index contributed by atoms with van der Waals surface area (Å²) < 4.78 is 19.6. The maximum Gasteiger partial charge on any atom is 0.271 e. The Morgan fingerprint density at radius 1 is 1.05 bits per heavy atom. The SMILES string of the molecule is C=CCOc1ccc(/C=c2/sc3n(c2=O)[C@H](c2c(OC)ccc4ccccc24)C(C(=O)N(CC)CC)=C(C)N=3)cc1OCC. The van der Waals surface area contributed by atoms with Gasteiger partial charge in [0.05, 0.1) is 29.5 Å². The number of nitrogens with zero attached hydrogens (tertiary/aromatic N) is 3. The second kappa shape index (κ2) is 13.3. The van der Waals surface area contributed by atoms with Gasteiger partial charge >= 0.3 is 0 Å². The van der Waals surface area contributed by atoms with Crippen LogP contribution in [0.25, 0.3) is 16.8 Å². The molecule has 1 amide bonds. The Balaban J connectivity index is 1.77. The van der Waals surface area contributed by atoms with Crippen molar-refractivity contribution in [3.63, 3.8) is 0 Å². The number of amides is 1. The van der Waals surface area contributed by atoms with Gasteiger partial charge in [-0.1, -0.05) is 60.4 Å². The number of rotatable bonds is 11. The van der Waals surface area contributed by atoms with Crippen LogP contribution in [0.3, 0.4) is 0 Å². The molecule has 0 bridgehead atoms. The molecule has 0 spiro atoms. The van der Waals surface area contributed by atoms with Crippen LogP contribution in [0.4, 0.5) is 0 Å². The Kier molecular flexibility index (Phi) is 9.35. The number of likely N-dealkylation sites (N-methyl/N-ethyl adjacent to an activating group) is 1. The molecule has 1 aliphatic heterocycles. The predicted octanol–water partition coefficient (Wildman–Crippen LogP) is 5.23. The fraction of sp³-hybridized carbons (Fsp3) is 0.286. The largest absolute Gasteiger partial charge is 0.496 e. The van der Waals surface area contributed by atoms with Crippen molar-refractivity contribution in [1.29, 1.82) is 0 Å². The number of carbonyl (C=O) groups is 1. The van der Waals surface area contributed by atoms with Crippen LogP contribution in [0.15, 0.2) is 88.3 Å². The fourth-order valence-electron chi connectivity index (χ4n) is 5.59. The van der Waals surface area contributed by atoms with E-state index >= 15 is 0 Å². The predicted molar refractivity (Wildman–Crippen MR) is 175 cm³/mol. The molecule has 44 heavy (non-hydrogen) atoms. The van der Waals surface area contributed by atoms with Gasteiger partial charge in [-0.2, -0.15) is 0 Å². The lowest BCUT2D eigenvalue weighted by atomic mass is 9.90. The summed E-state index contributed by atoms with van der Waals surface area (Å²) in [5.41, 5.74) is 2.34. The summed E-state index contributed by atoms with van der Waals surface area (Å²) >= 11 is 1.29. The molecule has 0 saturated heterocycles. The van der Waals surface area contributed by atoms with Gasteiger partial charge in [0.2, 0.25) is 0 Å². The third-order valence-electron chi connectivity index (χ3n) is 7.65. The van der Waals surface area contributed by atoms with Crippen molar-refractivity contribution in [3.05, 3.63) is 109 Å². The van der Waals surface area contributed by atoms with Gasteiger partial charge in [0.1, 0.15) is 18.4 Å². The van der Waals surface area contributed by atoms with Crippen molar-refractivity contribution in [2.24, 2.45) is 4.99 Å². The molecule has 1 aliphatic rings. The summed E-state index contributed by atoms with van der Waals surface area (Å²) in [5, 5.41) is 1.89. The van der Waals surface area contributed by atoms with E-state index in [1.54, 1.807) is 22.7 Å². The van der Waals surface area contributed by atoms with Crippen LogP contribution in [-0.4, -0.2) is 48.8 Å². The number of fused-ring (bicyclic) bond motifs is 2. The molecule has 1 atom stereocenters. The summed E-state index contributed by atoms with van der Waals surface area (Å²) in [6, 6.07) is 16.6. The van der Waals surface area contributed by atoms with Crippen LogP contribution in [0.1, 0.15) is 44.9 Å². The first kappa shape index (κ1) is 30.8. The second-order valence-electron chi connectivity index (χ2n) is 10.2. The van der Waals surface area contributed by atoms with Crippen LogP contribution in [0.5, 0.6) is 17.2 Å². The molecule has 0 radical (unpaired) electrons. The van der Waals surface area contributed by atoms with Gasteiger partial charge in [-0.3, -0.25) is 14.2 Å². The zero-order valence-electron chi connectivity index (χ0n) is 25.8.